The fraction of sp³-hybridized carbons (Fsp3) is 0.438. The summed E-state index contributed by atoms with van der Waals surface area (Å²) in [5.41, 5.74) is 1.87. The minimum Gasteiger partial charge on any atom is -0.364 e. The maximum absolute atomic E-state index is 12.3. The molecule has 2 saturated heterocycles. The molecule has 10 heteroatoms. The van der Waals surface area contributed by atoms with Crippen LogP contribution in [0.3, 0.4) is 0 Å². The SMILES string of the molecule is N#Cc1cnc2[nH]ccc2c1N1CC2CN(C(=O)NCC(F)(F)F)CC21. The third kappa shape index (κ3) is 2.69. The van der Waals surface area contributed by atoms with Crippen molar-refractivity contribution in [2.24, 2.45) is 5.92 Å². The molecule has 7 nitrogen and oxygen atoms in total. The Hall–Kier alpha value is -2.96. The van der Waals surface area contributed by atoms with Crippen LogP contribution in [0.4, 0.5) is 23.7 Å². The lowest BCUT2D eigenvalue weighted by Gasteiger charge is -2.45. The molecule has 0 saturated carbocycles. The lowest BCUT2D eigenvalue weighted by molar-refractivity contribution is -0.123. The third-order valence-electron chi connectivity index (χ3n) is 4.93. The topological polar surface area (TPSA) is 88.1 Å². The van der Waals surface area contributed by atoms with Crippen LogP contribution in [0.15, 0.2) is 18.5 Å². The van der Waals surface area contributed by atoms with Gasteiger partial charge in [0.1, 0.15) is 18.3 Å². The molecule has 136 valence electrons. The molecular weight excluding hydrogens is 349 g/mol. The zero-order valence-electron chi connectivity index (χ0n) is 13.5. The van der Waals surface area contributed by atoms with E-state index < -0.39 is 18.8 Å². The van der Waals surface area contributed by atoms with Crippen LogP contribution < -0.4 is 10.2 Å². The van der Waals surface area contributed by atoms with Gasteiger partial charge in [0.2, 0.25) is 0 Å². The lowest BCUT2D eigenvalue weighted by atomic mass is 9.90. The van der Waals surface area contributed by atoms with E-state index in [0.29, 0.717) is 30.8 Å². The minimum atomic E-state index is -4.43. The summed E-state index contributed by atoms with van der Waals surface area (Å²) >= 11 is 0. The summed E-state index contributed by atoms with van der Waals surface area (Å²) in [6.45, 7) is 0.0442. The first-order chi connectivity index (χ1) is 12.4. The van der Waals surface area contributed by atoms with Crippen molar-refractivity contribution in [1.82, 2.24) is 20.2 Å². The molecule has 4 heterocycles. The first kappa shape index (κ1) is 16.5. The van der Waals surface area contributed by atoms with E-state index in [2.05, 4.69) is 16.0 Å². The van der Waals surface area contributed by atoms with Crippen molar-refractivity contribution in [1.29, 1.82) is 5.26 Å². The van der Waals surface area contributed by atoms with E-state index in [0.717, 1.165) is 11.1 Å². The molecule has 0 aliphatic carbocycles. The normalized spacial score (nSPS) is 22.1. The number of anilines is 1. The Morgan fingerprint density at radius 2 is 2.23 bits per heavy atom. The number of hydrogen-bond acceptors (Lipinski definition) is 4. The molecule has 2 aliphatic heterocycles. The molecule has 2 N–H and O–H groups in total. The van der Waals surface area contributed by atoms with E-state index in [9.17, 15) is 23.2 Å². The fourth-order valence-electron chi connectivity index (χ4n) is 3.73. The molecule has 0 aromatic carbocycles. The quantitative estimate of drug-likeness (QED) is 0.851. The number of aromatic amines is 1. The number of nitrogens with zero attached hydrogens (tertiary/aromatic N) is 4. The van der Waals surface area contributed by atoms with Crippen LogP contribution in [-0.2, 0) is 0 Å². The highest BCUT2D eigenvalue weighted by Crippen LogP contribution is 2.40. The Labute approximate surface area is 146 Å². The van der Waals surface area contributed by atoms with Gasteiger partial charge in [0.25, 0.3) is 0 Å². The lowest BCUT2D eigenvalue weighted by Crippen LogP contribution is -2.56. The first-order valence-electron chi connectivity index (χ1n) is 8.10. The van der Waals surface area contributed by atoms with Crippen molar-refractivity contribution < 1.29 is 18.0 Å². The van der Waals surface area contributed by atoms with Crippen molar-refractivity contribution in [3.05, 3.63) is 24.0 Å². The summed E-state index contributed by atoms with van der Waals surface area (Å²) in [6.07, 6.45) is -1.19. The maximum Gasteiger partial charge on any atom is 0.405 e. The average Bonchev–Trinajstić information content (AvgIpc) is 3.17. The number of rotatable bonds is 2. The predicted octanol–water partition coefficient (Wildman–Crippen LogP) is 1.83. The highest BCUT2D eigenvalue weighted by molar-refractivity contribution is 5.93. The molecule has 0 bridgehead atoms. The van der Waals surface area contributed by atoms with Crippen LogP contribution in [-0.4, -0.2) is 59.3 Å². The Bertz CT molecular complexity index is 902. The number of amides is 2. The number of H-pyrrole nitrogens is 1. The van der Waals surface area contributed by atoms with E-state index in [1.807, 2.05) is 16.3 Å². The van der Waals surface area contributed by atoms with Gasteiger partial charge in [-0.05, 0) is 6.07 Å². The van der Waals surface area contributed by atoms with Gasteiger partial charge in [-0.15, -0.1) is 0 Å². The largest absolute Gasteiger partial charge is 0.405 e. The number of hydrogen-bond donors (Lipinski definition) is 2. The van der Waals surface area contributed by atoms with Crippen LogP contribution in [0.5, 0.6) is 0 Å². The smallest absolute Gasteiger partial charge is 0.364 e. The molecule has 2 atom stereocenters. The number of carbonyl (C=O) groups is 1. The van der Waals surface area contributed by atoms with Gasteiger partial charge in [-0.2, -0.15) is 18.4 Å². The van der Waals surface area contributed by atoms with Gasteiger partial charge in [0, 0.05) is 43.3 Å². The van der Waals surface area contributed by atoms with Crippen LogP contribution in [0.1, 0.15) is 5.56 Å². The monoisotopic (exact) mass is 364 g/mol. The Balaban J connectivity index is 1.51. The van der Waals surface area contributed by atoms with Crippen LogP contribution in [0.25, 0.3) is 11.0 Å². The third-order valence-corrected chi connectivity index (χ3v) is 4.93. The van der Waals surface area contributed by atoms with Crippen LogP contribution in [0.2, 0.25) is 0 Å². The summed E-state index contributed by atoms with van der Waals surface area (Å²) in [7, 11) is 0. The van der Waals surface area contributed by atoms with Crippen molar-refractivity contribution in [2.45, 2.75) is 12.2 Å². The van der Waals surface area contributed by atoms with Gasteiger partial charge < -0.3 is 20.1 Å². The van der Waals surface area contributed by atoms with Crippen molar-refractivity contribution >= 4 is 22.8 Å². The first-order valence-corrected chi connectivity index (χ1v) is 8.10. The highest BCUT2D eigenvalue weighted by Gasteiger charge is 2.48. The number of nitriles is 1. The Kier molecular flexibility index (Phi) is 3.68. The summed E-state index contributed by atoms with van der Waals surface area (Å²) in [5.74, 6) is 0.181. The van der Waals surface area contributed by atoms with E-state index in [-0.39, 0.29) is 12.0 Å². The standard InChI is InChI=1S/C16H15F3N6O/c17-16(18,19)8-23-15(26)24-5-10-6-25(12(10)7-24)13-9(3-20)4-22-14-11(13)1-2-21-14/h1-2,4,10,12H,5-8H2,(H,21,22)(H,23,26). The number of halogens is 3. The van der Waals surface area contributed by atoms with Gasteiger partial charge in [0.15, 0.2) is 0 Å². The Morgan fingerprint density at radius 3 is 2.96 bits per heavy atom. The summed E-state index contributed by atoms with van der Waals surface area (Å²) in [4.78, 5) is 22.6. The molecule has 0 radical (unpaired) electrons. The second kappa shape index (κ2) is 5.79. The van der Waals surface area contributed by atoms with Crippen LogP contribution in [0, 0.1) is 17.2 Å². The van der Waals surface area contributed by atoms with Gasteiger partial charge in [0.05, 0.1) is 17.3 Å². The highest BCUT2D eigenvalue weighted by atomic mass is 19.4. The number of carbonyl (C=O) groups excluding carboxylic acids is 1. The van der Waals surface area contributed by atoms with Crippen molar-refractivity contribution in [3.63, 3.8) is 0 Å². The number of aromatic nitrogens is 2. The molecule has 2 amide bonds. The molecular formula is C16H15F3N6O. The van der Waals surface area contributed by atoms with E-state index in [1.54, 1.807) is 6.20 Å². The van der Waals surface area contributed by atoms with Gasteiger partial charge in [-0.3, -0.25) is 0 Å². The number of alkyl halides is 3. The number of urea groups is 1. The fourth-order valence-corrected chi connectivity index (χ4v) is 3.73. The number of pyridine rings is 1. The van der Waals surface area contributed by atoms with E-state index in [1.165, 1.54) is 11.1 Å². The van der Waals surface area contributed by atoms with E-state index >= 15 is 0 Å². The maximum atomic E-state index is 12.3. The van der Waals surface area contributed by atoms with Crippen molar-refractivity contribution in [2.75, 3.05) is 31.1 Å². The minimum absolute atomic E-state index is 0.0146. The summed E-state index contributed by atoms with van der Waals surface area (Å²) in [5, 5.41) is 12.1. The molecule has 26 heavy (non-hydrogen) atoms. The zero-order chi connectivity index (χ0) is 18.5. The molecule has 2 fully saturated rings. The van der Waals surface area contributed by atoms with Crippen LogP contribution >= 0.6 is 0 Å². The number of nitrogens with one attached hydrogen (secondary N) is 2. The second-order valence-corrected chi connectivity index (χ2v) is 6.53. The van der Waals surface area contributed by atoms with E-state index in [4.69, 9.17) is 0 Å². The summed E-state index contributed by atoms with van der Waals surface area (Å²) in [6, 6.07) is 3.26. The second-order valence-electron chi connectivity index (χ2n) is 6.53. The predicted molar refractivity (Wildman–Crippen MR) is 86.5 cm³/mol. The molecule has 2 aliphatic rings. The van der Waals surface area contributed by atoms with Gasteiger partial charge in [-0.25, -0.2) is 9.78 Å². The van der Waals surface area contributed by atoms with Crippen molar-refractivity contribution in [3.8, 4) is 6.07 Å². The number of likely N-dealkylation sites (tertiary alicyclic amines) is 1. The molecule has 2 aromatic heterocycles. The molecule has 0 spiro atoms. The van der Waals surface area contributed by atoms with Gasteiger partial charge in [-0.1, -0.05) is 0 Å². The molecule has 2 aromatic rings. The number of fused-ring (bicyclic) bond motifs is 2. The Morgan fingerprint density at radius 1 is 1.42 bits per heavy atom. The molecule has 2 unspecified atom stereocenters. The summed E-state index contributed by atoms with van der Waals surface area (Å²) < 4.78 is 36.8. The van der Waals surface area contributed by atoms with Gasteiger partial charge >= 0.3 is 12.2 Å². The molecule has 4 rings (SSSR count). The zero-order valence-corrected chi connectivity index (χ0v) is 13.5. The average molecular weight is 364 g/mol.